The van der Waals surface area contributed by atoms with Gasteiger partial charge in [-0.3, -0.25) is 4.98 Å². The number of unbranched alkanes of at least 4 members (excludes halogenated alkanes) is 22. The van der Waals surface area contributed by atoms with Crippen molar-refractivity contribution in [2.45, 2.75) is 207 Å². The summed E-state index contributed by atoms with van der Waals surface area (Å²) in [6, 6.07) is 2.47. The van der Waals surface area contributed by atoms with Gasteiger partial charge in [0, 0.05) is 11.6 Å². The van der Waals surface area contributed by atoms with Crippen molar-refractivity contribution in [2.24, 2.45) is 5.41 Å². The minimum atomic E-state index is 0.326. The molecular formula is C42H71N. The highest BCUT2D eigenvalue weighted by Crippen LogP contribution is 2.54. The fourth-order valence-electron chi connectivity index (χ4n) is 8.01. The third-order valence-electron chi connectivity index (χ3n) is 10.7. The lowest BCUT2D eigenvalue weighted by Crippen LogP contribution is -2.25. The second kappa shape index (κ2) is 22.2. The Morgan fingerprint density at radius 2 is 1.02 bits per heavy atom. The lowest BCUT2D eigenvalue weighted by Gasteiger charge is -2.38. The lowest BCUT2D eigenvalue weighted by atomic mass is 9.66. The van der Waals surface area contributed by atoms with Crippen LogP contribution in [0.25, 0.3) is 5.57 Å². The van der Waals surface area contributed by atoms with Gasteiger partial charge in [0.1, 0.15) is 0 Å². The Hall–Kier alpha value is -1.37. The highest BCUT2D eigenvalue weighted by molar-refractivity contribution is 5.81. The molecule has 0 spiro atoms. The summed E-state index contributed by atoms with van der Waals surface area (Å²) in [7, 11) is 0. The number of allylic oxidation sites excluding steroid dienone is 4. The molecule has 1 nitrogen and oxygen atoms in total. The fourth-order valence-corrected chi connectivity index (χ4v) is 8.01. The normalized spacial score (nSPS) is 15.3. The number of fused-ring (bicyclic) bond motifs is 2. The Morgan fingerprint density at radius 3 is 1.47 bits per heavy atom. The fraction of sp³-hybridized carbons (Fsp3) is 0.786. The van der Waals surface area contributed by atoms with Gasteiger partial charge in [0.15, 0.2) is 0 Å². The van der Waals surface area contributed by atoms with Crippen LogP contribution >= 0.6 is 0 Å². The second-order valence-corrected chi connectivity index (χ2v) is 14.4. The molecule has 0 aromatic carbocycles. The first kappa shape index (κ1) is 36.1. The predicted octanol–water partition coefficient (Wildman–Crippen LogP) is 14.1. The molecule has 43 heavy (non-hydrogen) atoms. The van der Waals surface area contributed by atoms with Crippen molar-refractivity contribution >= 4 is 5.57 Å². The van der Waals surface area contributed by atoms with Crippen LogP contribution in [0.1, 0.15) is 211 Å². The van der Waals surface area contributed by atoms with Crippen LogP contribution in [0.2, 0.25) is 0 Å². The van der Waals surface area contributed by atoms with Crippen LogP contribution in [0.3, 0.4) is 0 Å². The van der Waals surface area contributed by atoms with Crippen molar-refractivity contribution in [2.75, 3.05) is 0 Å². The molecule has 0 aliphatic heterocycles. The van der Waals surface area contributed by atoms with Gasteiger partial charge in [-0.15, -0.1) is 0 Å². The zero-order valence-electron chi connectivity index (χ0n) is 29.3. The Morgan fingerprint density at radius 1 is 0.581 bits per heavy atom. The van der Waals surface area contributed by atoms with Crippen molar-refractivity contribution in [3.63, 3.8) is 0 Å². The summed E-state index contributed by atoms with van der Waals surface area (Å²) in [6.07, 6.45) is 47.7. The first-order valence-electron chi connectivity index (χ1n) is 19.6. The molecule has 0 saturated heterocycles. The van der Waals surface area contributed by atoms with Crippen LogP contribution < -0.4 is 0 Å². The van der Waals surface area contributed by atoms with Gasteiger partial charge in [-0.1, -0.05) is 193 Å². The minimum Gasteiger partial charge on any atom is -0.256 e. The van der Waals surface area contributed by atoms with E-state index in [0.29, 0.717) is 5.41 Å². The zero-order valence-corrected chi connectivity index (χ0v) is 29.3. The monoisotopic (exact) mass is 590 g/mol. The third kappa shape index (κ3) is 12.9. The minimum absolute atomic E-state index is 0.326. The molecular weight excluding hydrogens is 518 g/mol. The average Bonchev–Trinajstić information content (AvgIpc) is 3.41. The van der Waals surface area contributed by atoms with E-state index >= 15 is 0 Å². The molecule has 0 radical (unpaired) electrons. The quantitative estimate of drug-likeness (QED) is 0.0930. The smallest absolute Gasteiger partial charge is 0.0705 e. The van der Waals surface area contributed by atoms with Gasteiger partial charge in [0.05, 0.1) is 5.69 Å². The highest BCUT2D eigenvalue weighted by atomic mass is 14.7. The van der Waals surface area contributed by atoms with Gasteiger partial charge >= 0.3 is 0 Å². The summed E-state index contributed by atoms with van der Waals surface area (Å²) in [5, 5.41) is 0. The van der Waals surface area contributed by atoms with Crippen molar-refractivity contribution < 1.29 is 0 Å². The highest BCUT2D eigenvalue weighted by Gasteiger charge is 2.40. The van der Waals surface area contributed by atoms with E-state index in [1.807, 2.05) is 0 Å². The number of hydrogen-bond donors (Lipinski definition) is 0. The number of aromatic nitrogens is 1. The standard InChI is InChI=1S/C42H71N/c1-4-7-9-11-13-15-17-19-21-23-25-27-31-42(32-28-26-24-22-20-18-16-14-12-10-8-5-2)33-29-30-38-35-39-34-37(6-3)36-43-41(39)40(38)42/h29-30,34,36H,4-28,31-33,35H2,1-3H3. The first-order valence-corrected chi connectivity index (χ1v) is 19.6. The van der Waals surface area contributed by atoms with E-state index in [1.165, 1.54) is 190 Å². The Labute approximate surface area is 269 Å². The molecule has 0 amide bonds. The molecule has 1 aromatic rings. The van der Waals surface area contributed by atoms with Gasteiger partial charge in [-0.2, -0.15) is 0 Å². The molecule has 2 aliphatic rings. The average molecular weight is 590 g/mol. The molecule has 2 aliphatic carbocycles. The van der Waals surface area contributed by atoms with Gasteiger partial charge in [-0.25, -0.2) is 0 Å². The Balaban J connectivity index is 1.44. The van der Waals surface area contributed by atoms with Crippen LogP contribution in [0, 0.1) is 5.41 Å². The van der Waals surface area contributed by atoms with Crippen molar-refractivity contribution in [3.8, 4) is 0 Å². The topological polar surface area (TPSA) is 12.9 Å². The number of aryl methyl sites for hydroxylation is 1. The third-order valence-corrected chi connectivity index (χ3v) is 10.7. The summed E-state index contributed by atoms with van der Waals surface area (Å²) in [4.78, 5) is 5.14. The predicted molar refractivity (Wildman–Crippen MR) is 192 cm³/mol. The molecule has 1 aromatic heterocycles. The number of pyridine rings is 1. The molecule has 1 heterocycles. The maximum atomic E-state index is 5.14. The van der Waals surface area contributed by atoms with Crippen LogP contribution in [-0.2, 0) is 12.8 Å². The number of hydrogen-bond acceptors (Lipinski definition) is 1. The van der Waals surface area contributed by atoms with E-state index in [0.717, 1.165) is 12.8 Å². The largest absolute Gasteiger partial charge is 0.256 e. The van der Waals surface area contributed by atoms with Gasteiger partial charge in [0.2, 0.25) is 0 Å². The molecule has 0 atom stereocenters. The van der Waals surface area contributed by atoms with Crippen LogP contribution in [0.5, 0.6) is 0 Å². The van der Waals surface area contributed by atoms with Crippen LogP contribution in [0.4, 0.5) is 0 Å². The Bertz CT molecular complexity index is 893. The first-order chi connectivity index (χ1) is 21.2. The zero-order chi connectivity index (χ0) is 30.4. The summed E-state index contributed by atoms with van der Waals surface area (Å²) in [6.45, 7) is 6.89. The van der Waals surface area contributed by atoms with E-state index in [9.17, 15) is 0 Å². The molecule has 0 bridgehead atoms. The molecule has 0 saturated carbocycles. The molecule has 0 fully saturated rings. The van der Waals surface area contributed by atoms with Crippen LogP contribution in [0.15, 0.2) is 30.0 Å². The molecule has 3 rings (SSSR count). The van der Waals surface area contributed by atoms with Crippen LogP contribution in [-0.4, -0.2) is 4.98 Å². The molecule has 1 heteroatoms. The van der Waals surface area contributed by atoms with Gasteiger partial charge in [0.25, 0.3) is 0 Å². The SMILES string of the molecule is CCCCCCCCCCCCCCC1(CCCCCCCCCCCCCC)CC=CC2=C1c1ncc(CC)cc1C2. The summed E-state index contributed by atoms with van der Waals surface area (Å²) in [5.41, 5.74) is 7.86. The van der Waals surface area contributed by atoms with Crippen molar-refractivity contribution in [1.82, 2.24) is 4.98 Å². The summed E-state index contributed by atoms with van der Waals surface area (Å²) < 4.78 is 0. The number of nitrogens with zero attached hydrogens (tertiary/aromatic N) is 1. The van der Waals surface area contributed by atoms with E-state index in [4.69, 9.17) is 4.98 Å². The Kier molecular flexibility index (Phi) is 18.6. The van der Waals surface area contributed by atoms with E-state index in [2.05, 4.69) is 45.2 Å². The molecule has 244 valence electrons. The number of rotatable bonds is 27. The van der Waals surface area contributed by atoms with Crippen molar-refractivity contribution in [3.05, 3.63) is 46.8 Å². The summed E-state index contributed by atoms with van der Waals surface area (Å²) in [5.74, 6) is 0. The maximum Gasteiger partial charge on any atom is 0.0705 e. The van der Waals surface area contributed by atoms with Gasteiger partial charge in [-0.05, 0) is 54.4 Å². The van der Waals surface area contributed by atoms with E-state index < -0.39 is 0 Å². The lowest BCUT2D eigenvalue weighted by molar-refractivity contribution is 0.309. The second-order valence-electron chi connectivity index (χ2n) is 14.4. The molecule has 0 unspecified atom stereocenters. The summed E-state index contributed by atoms with van der Waals surface area (Å²) >= 11 is 0. The van der Waals surface area contributed by atoms with E-state index in [-0.39, 0.29) is 0 Å². The maximum absolute atomic E-state index is 5.14. The van der Waals surface area contributed by atoms with Crippen molar-refractivity contribution in [1.29, 1.82) is 0 Å². The van der Waals surface area contributed by atoms with E-state index in [1.54, 1.807) is 11.1 Å². The van der Waals surface area contributed by atoms with Gasteiger partial charge < -0.3 is 0 Å². The molecule has 0 N–H and O–H groups in total.